The first-order valence-electron chi connectivity index (χ1n) is 6.15. The zero-order valence-electron chi connectivity index (χ0n) is 10.6. The van der Waals surface area contributed by atoms with Gasteiger partial charge in [-0.1, -0.05) is 12.1 Å². The van der Waals surface area contributed by atoms with Crippen molar-refractivity contribution in [2.75, 3.05) is 0 Å². The van der Waals surface area contributed by atoms with E-state index in [9.17, 15) is 8.78 Å². The molecule has 1 atom stereocenters. The van der Waals surface area contributed by atoms with Crippen molar-refractivity contribution in [2.45, 2.75) is 12.3 Å². The minimum atomic E-state index is -0.426. The number of alkyl halides is 1. The Morgan fingerprint density at radius 1 is 1.15 bits per heavy atom. The summed E-state index contributed by atoms with van der Waals surface area (Å²) in [5.74, 6) is -0.281. The van der Waals surface area contributed by atoms with Gasteiger partial charge in [0.25, 0.3) is 0 Å². The number of halogens is 3. The standard InChI is InChI=1S/C15H11ClF2N2/c1-9(16)15-19-12-8-10(17)6-7-14(12)20(15)13-5-3-2-4-11(13)18/h2-9H,1H3. The van der Waals surface area contributed by atoms with Gasteiger partial charge in [-0.15, -0.1) is 11.6 Å². The maximum absolute atomic E-state index is 14.0. The lowest BCUT2D eigenvalue weighted by atomic mass is 10.2. The van der Waals surface area contributed by atoms with Gasteiger partial charge in [0.15, 0.2) is 0 Å². The van der Waals surface area contributed by atoms with Gasteiger partial charge >= 0.3 is 0 Å². The minimum Gasteiger partial charge on any atom is -0.292 e. The highest BCUT2D eigenvalue weighted by molar-refractivity contribution is 6.20. The van der Waals surface area contributed by atoms with Crippen LogP contribution in [0.2, 0.25) is 0 Å². The lowest BCUT2D eigenvalue weighted by Crippen LogP contribution is -2.03. The fraction of sp³-hybridized carbons (Fsp3) is 0.133. The van der Waals surface area contributed by atoms with Crippen molar-refractivity contribution in [1.82, 2.24) is 9.55 Å². The zero-order valence-corrected chi connectivity index (χ0v) is 11.4. The van der Waals surface area contributed by atoms with Crippen LogP contribution in [0, 0.1) is 11.6 Å². The van der Waals surface area contributed by atoms with Crippen molar-refractivity contribution < 1.29 is 8.78 Å². The number of fused-ring (bicyclic) bond motifs is 1. The number of aromatic nitrogens is 2. The maximum Gasteiger partial charge on any atom is 0.147 e. The van der Waals surface area contributed by atoms with Crippen molar-refractivity contribution in [3.05, 3.63) is 59.9 Å². The van der Waals surface area contributed by atoms with Crippen LogP contribution < -0.4 is 0 Å². The molecule has 0 amide bonds. The smallest absolute Gasteiger partial charge is 0.147 e. The van der Waals surface area contributed by atoms with Crippen LogP contribution in [0.25, 0.3) is 16.7 Å². The van der Waals surface area contributed by atoms with Crippen LogP contribution in [0.15, 0.2) is 42.5 Å². The number of hydrogen-bond acceptors (Lipinski definition) is 1. The molecule has 0 N–H and O–H groups in total. The Hall–Kier alpha value is -1.94. The van der Waals surface area contributed by atoms with Gasteiger partial charge in [-0.3, -0.25) is 4.57 Å². The SMILES string of the molecule is CC(Cl)c1nc2cc(F)ccc2n1-c1ccccc1F. The van der Waals surface area contributed by atoms with Crippen LogP contribution >= 0.6 is 11.6 Å². The monoisotopic (exact) mass is 292 g/mol. The third kappa shape index (κ3) is 2.06. The molecule has 102 valence electrons. The van der Waals surface area contributed by atoms with Gasteiger partial charge in [0.05, 0.1) is 22.1 Å². The molecule has 20 heavy (non-hydrogen) atoms. The van der Waals surface area contributed by atoms with E-state index in [4.69, 9.17) is 11.6 Å². The van der Waals surface area contributed by atoms with Crippen molar-refractivity contribution in [3.63, 3.8) is 0 Å². The summed E-state index contributed by atoms with van der Waals surface area (Å²) >= 11 is 6.12. The Balaban J connectivity index is 2.38. The molecule has 2 aromatic carbocycles. The predicted molar refractivity (Wildman–Crippen MR) is 75.3 cm³/mol. The molecule has 0 saturated heterocycles. The molecule has 2 nitrogen and oxygen atoms in total. The maximum atomic E-state index is 14.0. The van der Waals surface area contributed by atoms with Gasteiger partial charge in [0.2, 0.25) is 0 Å². The first kappa shape index (κ1) is 13.1. The molecule has 0 radical (unpaired) electrons. The molecule has 0 spiro atoms. The van der Waals surface area contributed by atoms with E-state index >= 15 is 0 Å². The lowest BCUT2D eigenvalue weighted by Gasteiger charge is -2.11. The Morgan fingerprint density at radius 3 is 2.60 bits per heavy atom. The summed E-state index contributed by atoms with van der Waals surface area (Å²) < 4.78 is 29.0. The molecular weight excluding hydrogens is 282 g/mol. The van der Waals surface area contributed by atoms with E-state index < -0.39 is 5.38 Å². The van der Waals surface area contributed by atoms with Gasteiger partial charge in [-0.25, -0.2) is 13.8 Å². The molecule has 0 aliphatic heterocycles. The van der Waals surface area contributed by atoms with Crippen molar-refractivity contribution in [3.8, 4) is 5.69 Å². The van der Waals surface area contributed by atoms with Gasteiger partial charge in [-0.05, 0) is 31.2 Å². The molecule has 5 heteroatoms. The molecule has 1 heterocycles. The number of para-hydroxylation sites is 1. The van der Waals surface area contributed by atoms with E-state index in [-0.39, 0.29) is 11.6 Å². The van der Waals surface area contributed by atoms with Crippen LogP contribution in [0.3, 0.4) is 0 Å². The van der Waals surface area contributed by atoms with Crippen LogP contribution in [0.4, 0.5) is 8.78 Å². The minimum absolute atomic E-state index is 0.351. The van der Waals surface area contributed by atoms with Crippen molar-refractivity contribution in [2.24, 2.45) is 0 Å². The van der Waals surface area contributed by atoms with E-state index in [1.807, 2.05) is 0 Å². The van der Waals surface area contributed by atoms with Gasteiger partial charge in [0, 0.05) is 6.07 Å². The topological polar surface area (TPSA) is 17.8 Å². The van der Waals surface area contributed by atoms with Crippen LogP contribution in [-0.2, 0) is 0 Å². The third-order valence-corrected chi connectivity index (χ3v) is 3.29. The largest absolute Gasteiger partial charge is 0.292 e. The normalized spacial score (nSPS) is 12.8. The molecule has 1 aromatic heterocycles. The fourth-order valence-electron chi connectivity index (χ4n) is 2.23. The van der Waals surface area contributed by atoms with E-state index in [0.717, 1.165) is 0 Å². The quantitative estimate of drug-likeness (QED) is 0.631. The average Bonchev–Trinajstić information content (AvgIpc) is 2.78. The Labute approximate surface area is 119 Å². The predicted octanol–water partition coefficient (Wildman–Crippen LogP) is 4.60. The number of benzene rings is 2. The highest BCUT2D eigenvalue weighted by Crippen LogP contribution is 2.29. The lowest BCUT2D eigenvalue weighted by molar-refractivity contribution is 0.616. The van der Waals surface area contributed by atoms with Crippen molar-refractivity contribution in [1.29, 1.82) is 0 Å². The summed E-state index contributed by atoms with van der Waals surface area (Å²) in [4.78, 5) is 4.31. The van der Waals surface area contributed by atoms with Gasteiger partial charge in [0.1, 0.15) is 17.5 Å². The van der Waals surface area contributed by atoms with Crippen molar-refractivity contribution >= 4 is 22.6 Å². The van der Waals surface area contributed by atoms with E-state index in [1.54, 1.807) is 35.8 Å². The first-order chi connectivity index (χ1) is 9.58. The molecule has 0 fully saturated rings. The molecule has 0 aliphatic carbocycles. The Bertz CT molecular complexity index is 781. The van der Waals surface area contributed by atoms with Crippen LogP contribution in [0.5, 0.6) is 0 Å². The Morgan fingerprint density at radius 2 is 1.90 bits per heavy atom. The molecule has 0 bridgehead atoms. The second kappa shape index (κ2) is 4.87. The average molecular weight is 293 g/mol. The number of rotatable bonds is 2. The highest BCUT2D eigenvalue weighted by atomic mass is 35.5. The van der Waals surface area contributed by atoms with Gasteiger partial charge in [-0.2, -0.15) is 0 Å². The molecule has 3 rings (SSSR count). The second-order valence-corrected chi connectivity index (χ2v) is 5.16. The second-order valence-electron chi connectivity index (χ2n) is 4.51. The Kier molecular flexibility index (Phi) is 3.18. The number of hydrogen-bond donors (Lipinski definition) is 0. The number of nitrogens with zero attached hydrogens (tertiary/aromatic N) is 2. The summed E-state index contributed by atoms with van der Waals surface area (Å²) in [5.41, 5.74) is 1.43. The summed E-state index contributed by atoms with van der Waals surface area (Å²) in [6.45, 7) is 1.75. The van der Waals surface area contributed by atoms with Gasteiger partial charge < -0.3 is 0 Å². The first-order valence-corrected chi connectivity index (χ1v) is 6.58. The molecule has 0 aliphatic rings. The molecule has 0 saturated carbocycles. The fourth-order valence-corrected chi connectivity index (χ4v) is 2.37. The molecule has 3 aromatic rings. The van der Waals surface area contributed by atoms with Crippen LogP contribution in [-0.4, -0.2) is 9.55 Å². The summed E-state index contributed by atoms with van der Waals surface area (Å²) in [6, 6.07) is 10.6. The molecule has 1 unspecified atom stereocenters. The highest BCUT2D eigenvalue weighted by Gasteiger charge is 2.18. The summed E-state index contributed by atoms with van der Waals surface area (Å²) in [5, 5.41) is -0.426. The van der Waals surface area contributed by atoms with Crippen LogP contribution in [0.1, 0.15) is 18.1 Å². The summed E-state index contributed by atoms with van der Waals surface area (Å²) in [6.07, 6.45) is 0. The van der Waals surface area contributed by atoms with E-state index in [0.29, 0.717) is 22.5 Å². The number of imidazole rings is 1. The third-order valence-electron chi connectivity index (χ3n) is 3.09. The summed E-state index contributed by atoms with van der Waals surface area (Å²) in [7, 11) is 0. The zero-order chi connectivity index (χ0) is 14.3. The molecular formula is C15H11ClF2N2. The van der Waals surface area contributed by atoms with E-state index in [2.05, 4.69) is 4.98 Å². The van der Waals surface area contributed by atoms with E-state index in [1.165, 1.54) is 18.2 Å².